The zero-order chi connectivity index (χ0) is 14.6. The first kappa shape index (κ1) is 14.6. The van der Waals surface area contributed by atoms with Crippen LogP contribution >= 0.6 is 11.6 Å². The van der Waals surface area contributed by atoms with E-state index in [-0.39, 0.29) is 5.03 Å². The van der Waals surface area contributed by atoms with E-state index in [0.717, 1.165) is 0 Å². The topological polar surface area (TPSA) is 63.0 Å². The Morgan fingerprint density at radius 1 is 1.30 bits per heavy atom. The van der Waals surface area contributed by atoms with Crippen molar-refractivity contribution in [3.63, 3.8) is 0 Å². The third-order valence-corrected chi connectivity index (χ3v) is 4.33. The summed E-state index contributed by atoms with van der Waals surface area (Å²) in [6.45, 7) is 0. The number of methoxy groups -OCH3 is 1. The van der Waals surface area contributed by atoms with Crippen LogP contribution in [-0.2, 0) is 9.73 Å². The Morgan fingerprint density at radius 3 is 2.75 bits per heavy atom. The highest BCUT2D eigenvalue weighted by atomic mass is 35.5. The van der Waals surface area contributed by atoms with Crippen molar-refractivity contribution in [2.24, 2.45) is 0 Å². The molecule has 1 unspecified atom stereocenters. The third kappa shape index (κ3) is 3.18. The van der Waals surface area contributed by atoms with Gasteiger partial charge in [-0.25, -0.2) is 14.0 Å². The van der Waals surface area contributed by atoms with Crippen molar-refractivity contribution in [3.8, 4) is 5.75 Å². The zero-order valence-corrected chi connectivity index (χ0v) is 12.3. The summed E-state index contributed by atoms with van der Waals surface area (Å²) in [7, 11) is -1.74. The van der Waals surface area contributed by atoms with Gasteiger partial charge in [0, 0.05) is 16.6 Å². The van der Waals surface area contributed by atoms with Gasteiger partial charge in [-0.1, -0.05) is 29.8 Å². The number of pyridine rings is 1. The lowest BCUT2D eigenvalue weighted by atomic mass is 10.2. The Balaban J connectivity index is 2.39. The molecule has 0 amide bonds. The average Bonchev–Trinajstić information content (AvgIpc) is 2.46. The summed E-state index contributed by atoms with van der Waals surface area (Å²) < 4.78 is 25.5. The Kier molecular flexibility index (Phi) is 4.42. The van der Waals surface area contributed by atoms with Crippen molar-refractivity contribution in [1.82, 2.24) is 4.98 Å². The second-order valence-electron chi connectivity index (χ2n) is 3.94. The minimum atomic E-state index is -3.19. The van der Waals surface area contributed by atoms with Gasteiger partial charge in [0.25, 0.3) is 0 Å². The van der Waals surface area contributed by atoms with Gasteiger partial charge in [-0.3, -0.25) is 0 Å². The van der Waals surface area contributed by atoms with Crippen LogP contribution < -0.4 is 4.74 Å². The van der Waals surface area contributed by atoms with E-state index >= 15 is 0 Å². The fourth-order valence-corrected chi connectivity index (χ4v) is 2.94. The Morgan fingerprint density at radius 2 is 2.05 bits per heavy atom. The van der Waals surface area contributed by atoms with E-state index in [2.05, 4.69) is 4.98 Å². The lowest BCUT2D eigenvalue weighted by Gasteiger charge is -2.07. The molecule has 2 rings (SSSR count). The molecule has 0 fully saturated rings. The molecule has 0 aliphatic carbocycles. The molecule has 104 valence electrons. The molecule has 1 atom stereocenters. The van der Waals surface area contributed by atoms with Crippen LogP contribution in [-0.4, -0.2) is 16.3 Å². The molecular weight excluding hydrogens is 296 g/mol. The van der Waals surface area contributed by atoms with Crippen molar-refractivity contribution in [1.29, 1.82) is 4.78 Å². The number of nitrogens with one attached hydrogen (secondary N) is 1. The molecular formula is C14H13ClN2O2S. The van der Waals surface area contributed by atoms with Crippen LogP contribution in [0.25, 0.3) is 6.08 Å². The van der Waals surface area contributed by atoms with Gasteiger partial charge in [-0.2, -0.15) is 0 Å². The molecule has 1 aromatic carbocycles. The zero-order valence-electron chi connectivity index (χ0n) is 10.7. The summed E-state index contributed by atoms with van der Waals surface area (Å²) in [5, 5.41) is 1.93. The van der Waals surface area contributed by atoms with Crippen molar-refractivity contribution in [3.05, 3.63) is 58.6 Å². The van der Waals surface area contributed by atoms with Gasteiger partial charge in [-0.05, 0) is 29.8 Å². The highest BCUT2D eigenvalue weighted by molar-refractivity contribution is 7.95. The van der Waals surface area contributed by atoms with E-state index in [0.29, 0.717) is 16.3 Å². The maximum atomic E-state index is 12.4. The second-order valence-corrected chi connectivity index (χ2v) is 6.20. The molecule has 0 aliphatic rings. The number of aromatic nitrogens is 1. The number of ether oxygens (including phenoxy) is 1. The molecule has 2 aromatic rings. The monoisotopic (exact) mass is 308 g/mol. The van der Waals surface area contributed by atoms with Crippen LogP contribution in [0.1, 0.15) is 5.56 Å². The lowest BCUT2D eigenvalue weighted by Crippen LogP contribution is -2.01. The largest absolute Gasteiger partial charge is 0.494 e. The third-order valence-electron chi connectivity index (χ3n) is 2.59. The van der Waals surface area contributed by atoms with Gasteiger partial charge in [0.05, 0.1) is 7.11 Å². The quantitative estimate of drug-likeness (QED) is 0.934. The standard InChI is InChI=1S/C14H13ClN2O2S/c1-19-13-7-4-9-17-14(13)20(16,18)10-8-11-5-2-3-6-12(11)15/h2-10,16H,1H3/b10-8+. The van der Waals surface area contributed by atoms with Crippen LogP contribution in [0.4, 0.5) is 0 Å². The molecule has 1 heterocycles. The molecule has 20 heavy (non-hydrogen) atoms. The first-order chi connectivity index (χ1) is 9.54. The highest BCUT2D eigenvalue weighted by Crippen LogP contribution is 2.24. The van der Waals surface area contributed by atoms with Crippen LogP contribution in [0.15, 0.2) is 53.0 Å². The maximum Gasteiger partial charge on any atom is 0.181 e. The van der Waals surface area contributed by atoms with Crippen molar-refractivity contribution in [2.45, 2.75) is 5.03 Å². The lowest BCUT2D eigenvalue weighted by molar-refractivity contribution is 0.399. The highest BCUT2D eigenvalue weighted by Gasteiger charge is 2.14. The van der Waals surface area contributed by atoms with Crippen LogP contribution in [0, 0.1) is 4.78 Å². The number of rotatable bonds is 4. The molecule has 0 bridgehead atoms. The number of halogens is 1. The number of benzene rings is 1. The van der Waals surface area contributed by atoms with Crippen LogP contribution in [0.2, 0.25) is 5.02 Å². The van der Waals surface area contributed by atoms with E-state index in [4.69, 9.17) is 21.1 Å². The van der Waals surface area contributed by atoms with Crippen molar-refractivity contribution in [2.75, 3.05) is 7.11 Å². The Bertz CT molecular complexity index is 742. The summed E-state index contributed by atoms with van der Waals surface area (Å²) in [6, 6.07) is 10.4. The van der Waals surface area contributed by atoms with Gasteiger partial charge in [0.15, 0.2) is 10.8 Å². The van der Waals surface area contributed by atoms with Gasteiger partial charge < -0.3 is 4.74 Å². The van der Waals surface area contributed by atoms with Gasteiger partial charge in [-0.15, -0.1) is 0 Å². The van der Waals surface area contributed by atoms with Crippen LogP contribution in [0.5, 0.6) is 5.75 Å². The predicted molar refractivity (Wildman–Crippen MR) is 80.4 cm³/mol. The first-order valence-electron chi connectivity index (χ1n) is 5.75. The Hall–Kier alpha value is -1.85. The molecule has 0 aliphatic heterocycles. The molecule has 0 radical (unpaired) electrons. The average molecular weight is 309 g/mol. The fraction of sp³-hybridized carbons (Fsp3) is 0.0714. The summed E-state index contributed by atoms with van der Waals surface area (Å²) in [5.41, 5.74) is 0.698. The normalized spacial score (nSPS) is 14.1. The molecule has 1 N–H and O–H groups in total. The summed E-state index contributed by atoms with van der Waals surface area (Å²) in [5.74, 6) is 0.330. The summed E-state index contributed by atoms with van der Waals surface area (Å²) >= 11 is 6.01. The minimum absolute atomic E-state index is 0.103. The predicted octanol–water partition coefficient (Wildman–Crippen LogP) is 3.82. The van der Waals surface area contributed by atoms with Crippen molar-refractivity contribution < 1.29 is 8.95 Å². The summed E-state index contributed by atoms with van der Waals surface area (Å²) in [4.78, 5) is 3.98. The first-order valence-corrected chi connectivity index (χ1v) is 7.75. The second kappa shape index (κ2) is 6.07. The van der Waals surface area contributed by atoms with E-state index in [1.165, 1.54) is 18.7 Å². The van der Waals surface area contributed by atoms with E-state index in [1.54, 1.807) is 36.4 Å². The molecule has 6 heteroatoms. The van der Waals surface area contributed by atoms with E-state index in [9.17, 15) is 4.21 Å². The number of hydrogen-bond acceptors (Lipinski definition) is 4. The van der Waals surface area contributed by atoms with Gasteiger partial charge in [0.2, 0.25) is 0 Å². The van der Waals surface area contributed by atoms with Gasteiger partial charge >= 0.3 is 0 Å². The molecule has 0 saturated carbocycles. The van der Waals surface area contributed by atoms with Gasteiger partial charge in [0.1, 0.15) is 9.73 Å². The minimum Gasteiger partial charge on any atom is -0.494 e. The molecule has 4 nitrogen and oxygen atoms in total. The molecule has 1 aromatic heterocycles. The molecule has 0 saturated heterocycles. The van der Waals surface area contributed by atoms with Crippen molar-refractivity contribution >= 4 is 27.4 Å². The SMILES string of the molecule is COc1cccnc1S(=N)(=O)/C=C/c1ccccc1Cl. The van der Waals surface area contributed by atoms with Crippen LogP contribution in [0.3, 0.4) is 0 Å². The number of hydrogen-bond donors (Lipinski definition) is 1. The smallest absolute Gasteiger partial charge is 0.181 e. The van der Waals surface area contributed by atoms with E-state index < -0.39 is 9.73 Å². The maximum absolute atomic E-state index is 12.4. The number of nitrogens with zero attached hydrogens (tertiary/aromatic N) is 1. The van der Waals surface area contributed by atoms with E-state index in [1.807, 2.05) is 6.07 Å². The molecule has 0 spiro atoms. The Labute approximate surface area is 123 Å². The summed E-state index contributed by atoms with van der Waals surface area (Å²) in [6.07, 6.45) is 3.04. The fourth-order valence-electron chi connectivity index (χ4n) is 1.60.